The van der Waals surface area contributed by atoms with Crippen molar-refractivity contribution in [2.75, 3.05) is 0 Å². The van der Waals surface area contributed by atoms with E-state index in [1.165, 1.54) is 0 Å². The number of esters is 1. The summed E-state index contributed by atoms with van der Waals surface area (Å²) in [7, 11) is 0. The first-order valence-corrected chi connectivity index (χ1v) is 6.60. The van der Waals surface area contributed by atoms with E-state index in [1.807, 2.05) is 30.3 Å². The molecule has 108 valence electrons. The van der Waals surface area contributed by atoms with Gasteiger partial charge in [-0.15, -0.1) is 0 Å². The minimum atomic E-state index is -0.657. The van der Waals surface area contributed by atoms with Gasteiger partial charge in [0.15, 0.2) is 0 Å². The Hall–Kier alpha value is -2.04. The summed E-state index contributed by atoms with van der Waals surface area (Å²) in [4.78, 5) is 23.4. The van der Waals surface area contributed by atoms with Crippen molar-refractivity contribution < 1.29 is 19.1 Å². The van der Waals surface area contributed by atoms with E-state index in [1.54, 1.807) is 20.8 Å². The molecule has 1 aromatic rings. The van der Waals surface area contributed by atoms with Crippen molar-refractivity contribution in [2.24, 2.45) is 0 Å². The zero-order chi connectivity index (χ0) is 14.8. The Morgan fingerprint density at radius 2 is 1.95 bits per heavy atom. The van der Waals surface area contributed by atoms with Gasteiger partial charge in [-0.25, -0.2) is 9.59 Å². The lowest BCUT2D eigenvalue weighted by molar-refractivity contribution is -0.143. The molecule has 1 aromatic carbocycles. The molecule has 0 unspecified atom stereocenters. The van der Waals surface area contributed by atoms with Crippen molar-refractivity contribution in [1.29, 1.82) is 0 Å². The number of cyclic esters (lactones) is 1. The highest BCUT2D eigenvalue weighted by molar-refractivity contribution is 5.83. The zero-order valence-electron chi connectivity index (χ0n) is 11.9. The molecule has 1 heterocycles. The number of ether oxygens (including phenoxy) is 2. The Bertz CT molecular complexity index is 492. The van der Waals surface area contributed by atoms with E-state index in [4.69, 9.17) is 9.47 Å². The van der Waals surface area contributed by atoms with Gasteiger partial charge in [0.2, 0.25) is 0 Å². The number of amides is 1. The number of nitrogens with one attached hydrogen (secondary N) is 1. The molecule has 0 aromatic heterocycles. The molecule has 1 N–H and O–H groups in total. The van der Waals surface area contributed by atoms with Gasteiger partial charge in [-0.2, -0.15) is 0 Å². The van der Waals surface area contributed by atoms with E-state index in [2.05, 4.69) is 5.32 Å². The van der Waals surface area contributed by atoms with E-state index in [0.29, 0.717) is 6.42 Å². The lowest BCUT2D eigenvalue weighted by Crippen LogP contribution is -2.41. The standard InChI is InChI=1S/C15H19NO4/c1-15(2,3)20-14(18)16-11-9-12(19-13(11)17)10-7-5-4-6-8-10/h4-8,11-12H,9H2,1-3H3,(H,16,18)/t11-,12-/m0/s1. The van der Waals surface area contributed by atoms with Crippen LogP contribution in [0, 0.1) is 0 Å². The lowest BCUT2D eigenvalue weighted by atomic mass is 10.1. The molecule has 2 rings (SSSR count). The Morgan fingerprint density at radius 3 is 2.55 bits per heavy atom. The first kappa shape index (κ1) is 14.4. The molecule has 5 heteroatoms. The van der Waals surface area contributed by atoms with E-state index < -0.39 is 23.7 Å². The van der Waals surface area contributed by atoms with Gasteiger partial charge in [0, 0.05) is 6.42 Å². The second kappa shape index (κ2) is 5.53. The topological polar surface area (TPSA) is 64.6 Å². The van der Waals surface area contributed by atoms with Crippen molar-refractivity contribution in [3.8, 4) is 0 Å². The summed E-state index contributed by atoms with van der Waals surface area (Å²) in [6, 6.07) is 8.81. The van der Waals surface area contributed by atoms with Crippen LogP contribution in [-0.4, -0.2) is 23.7 Å². The molecular weight excluding hydrogens is 258 g/mol. The summed E-state index contributed by atoms with van der Waals surface area (Å²) in [6.45, 7) is 5.31. The summed E-state index contributed by atoms with van der Waals surface area (Å²) in [5, 5.41) is 2.55. The van der Waals surface area contributed by atoms with E-state index in [9.17, 15) is 9.59 Å². The molecule has 0 spiro atoms. The van der Waals surface area contributed by atoms with Crippen LogP contribution < -0.4 is 5.32 Å². The summed E-state index contributed by atoms with van der Waals surface area (Å²) >= 11 is 0. The monoisotopic (exact) mass is 277 g/mol. The molecular formula is C15H19NO4. The zero-order valence-corrected chi connectivity index (χ0v) is 11.9. The van der Waals surface area contributed by atoms with E-state index >= 15 is 0 Å². The summed E-state index contributed by atoms with van der Waals surface area (Å²) < 4.78 is 10.4. The molecule has 0 aliphatic carbocycles. The molecule has 1 amide bonds. The van der Waals surface area contributed by atoms with Crippen molar-refractivity contribution in [1.82, 2.24) is 5.32 Å². The summed E-state index contributed by atoms with van der Waals surface area (Å²) in [5.74, 6) is -0.426. The Labute approximate surface area is 118 Å². The predicted molar refractivity (Wildman–Crippen MR) is 73.0 cm³/mol. The average molecular weight is 277 g/mol. The predicted octanol–water partition coefficient (Wildman–Crippen LogP) is 2.57. The maximum absolute atomic E-state index is 11.8. The van der Waals surface area contributed by atoms with Gasteiger partial charge < -0.3 is 14.8 Å². The van der Waals surface area contributed by atoms with Gasteiger partial charge in [0.05, 0.1) is 0 Å². The van der Waals surface area contributed by atoms with Crippen LogP contribution in [0.5, 0.6) is 0 Å². The van der Waals surface area contributed by atoms with Gasteiger partial charge in [0.1, 0.15) is 17.7 Å². The molecule has 20 heavy (non-hydrogen) atoms. The van der Waals surface area contributed by atoms with E-state index in [0.717, 1.165) is 5.56 Å². The minimum Gasteiger partial charge on any atom is -0.456 e. The van der Waals surface area contributed by atoms with Crippen molar-refractivity contribution in [2.45, 2.75) is 44.9 Å². The SMILES string of the molecule is CC(C)(C)OC(=O)N[C@H]1C[C@@H](c2ccccc2)OC1=O. The average Bonchev–Trinajstić information content (AvgIpc) is 2.70. The first-order valence-electron chi connectivity index (χ1n) is 6.60. The first-order chi connectivity index (χ1) is 9.35. The van der Waals surface area contributed by atoms with Crippen LogP contribution in [0.4, 0.5) is 4.79 Å². The number of carbonyl (C=O) groups excluding carboxylic acids is 2. The van der Waals surface area contributed by atoms with Crippen LogP contribution in [0.2, 0.25) is 0 Å². The van der Waals surface area contributed by atoms with Crippen LogP contribution in [0.25, 0.3) is 0 Å². The fourth-order valence-electron chi connectivity index (χ4n) is 2.02. The third-order valence-electron chi connectivity index (χ3n) is 2.86. The molecule has 1 aliphatic rings. The Kier molecular flexibility index (Phi) is 3.97. The fourth-order valence-corrected chi connectivity index (χ4v) is 2.02. The van der Waals surface area contributed by atoms with Crippen LogP contribution in [0.1, 0.15) is 38.9 Å². The van der Waals surface area contributed by atoms with Crippen molar-refractivity contribution in [3.05, 3.63) is 35.9 Å². The summed E-state index contributed by atoms with van der Waals surface area (Å²) in [5.41, 5.74) is 0.333. The Morgan fingerprint density at radius 1 is 1.30 bits per heavy atom. The Balaban J connectivity index is 1.95. The van der Waals surface area contributed by atoms with Gasteiger partial charge in [-0.3, -0.25) is 0 Å². The molecule has 0 radical (unpaired) electrons. The normalized spacial score (nSPS) is 22.2. The minimum absolute atomic E-state index is 0.316. The quantitative estimate of drug-likeness (QED) is 0.844. The number of alkyl carbamates (subject to hydrolysis) is 1. The van der Waals surface area contributed by atoms with Crippen molar-refractivity contribution in [3.63, 3.8) is 0 Å². The van der Waals surface area contributed by atoms with Gasteiger partial charge in [-0.1, -0.05) is 30.3 Å². The highest BCUT2D eigenvalue weighted by atomic mass is 16.6. The molecule has 0 bridgehead atoms. The highest BCUT2D eigenvalue weighted by Crippen LogP contribution is 2.29. The van der Waals surface area contributed by atoms with E-state index in [-0.39, 0.29) is 6.10 Å². The number of carbonyl (C=O) groups is 2. The van der Waals surface area contributed by atoms with Crippen LogP contribution in [0.15, 0.2) is 30.3 Å². The number of rotatable bonds is 2. The number of benzene rings is 1. The second-order valence-corrected chi connectivity index (χ2v) is 5.77. The molecule has 5 nitrogen and oxygen atoms in total. The van der Waals surface area contributed by atoms with Gasteiger partial charge in [-0.05, 0) is 26.3 Å². The maximum atomic E-state index is 11.8. The third kappa shape index (κ3) is 3.73. The molecule has 1 fully saturated rings. The second-order valence-electron chi connectivity index (χ2n) is 5.77. The largest absolute Gasteiger partial charge is 0.456 e. The van der Waals surface area contributed by atoms with Gasteiger partial charge >= 0.3 is 12.1 Å². The van der Waals surface area contributed by atoms with Crippen LogP contribution in [-0.2, 0) is 14.3 Å². The van der Waals surface area contributed by atoms with Gasteiger partial charge in [0.25, 0.3) is 0 Å². The fraction of sp³-hybridized carbons (Fsp3) is 0.467. The van der Waals surface area contributed by atoms with Crippen LogP contribution in [0.3, 0.4) is 0 Å². The number of hydrogen-bond donors (Lipinski definition) is 1. The van der Waals surface area contributed by atoms with Crippen molar-refractivity contribution >= 4 is 12.1 Å². The molecule has 1 aliphatic heterocycles. The summed E-state index contributed by atoms with van der Waals surface area (Å²) in [6.07, 6.45) is -0.501. The smallest absolute Gasteiger partial charge is 0.408 e. The maximum Gasteiger partial charge on any atom is 0.408 e. The lowest BCUT2D eigenvalue weighted by Gasteiger charge is -2.20. The molecule has 1 saturated heterocycles. The highest BCUT2D eigenvalue weighted by Gasteiger charge is 2.37. The van der Waals surface area contributed by atoms with Crippen LogP contribution >= 0.6 is 0 Å². The molecule has 2 atom stereocenters. The third-order valence-corrected chi connectivity index (χ3v) is 2.86. The number of hydrogen-bond acceptors (Lipinski definition) is 4. The molecule has 0 saturated carbocycles.